The highest BCUT2D eigenvalue weighted by molar-refractivity contribution is 5.75. The summed E-state index contributed by atoms with van der Waals surface area (Å²) in [6.45, 7) is 4.76. The number of hydrogen-bond acceptors (Lipinski definition) is 7. The number of carbonyl (C=O) groups is 1. The van der Waals surface area contributed by atoms with E-state index in [1.54, 1.807) is 6.92 Å². The molecule has 0 saturated carbocycles. The number of esters is 1. The largest absolute Gasteiger partial charge is 0.464 e. The Morgan fingerprint density at radius 2 is 1.69 bits per heavy atom. The van der Waals surface area contributed by atoms with E-state index in [2.05, 4.69) is 0 Å². The van der Waals surface area contributed by atoms with Crippen molar-refractivity contribution in [2.45, 2.75) is 32.7 Å². The van der Waals surface area contributed by atoms with Crippen LogP contribution >= 0.6 is 0 Å². The monoisotopic (exact) mass is 370 g/mol. The summed E-state index contributed by atoms with van der Waals surface area (Å²) in [6.07, 6.45) is -1.53. The van der Waals surface area contributed by atoms with Crippen LogP contribution < -0.4 is 0 Å². The van der Waals surface area contributed by atoms with E-state index in [1.807, 2.05) is 37.3 Å². The summed E-state index contributed by atoms with van der Waals surface area (Å²) in [5.74, 6) is -0.638. The van der Waals surface area contributed by atoms with Gasteiger partial charge in [-0.1, -0.05) is 37.3 Å². The second-order valence-corrected chi connectivity index (χ2v) is 5.76. The third-order valence-corrected chi connectivity index (χ3v) is 3.61. The second kappa shape index (κ2) is 13.7. The van der Waals surface area contributed by atoms with Crippen molar-refractivity contribution in [2.75, 3.05) is 41.0 Å². The van der Waals surface area contributed by atoms with Crippen LogP contribution in [0.4, 0.5) is 0 Å². The summed E-state index contributed by atoms with van der Waals surface area (Å²) in [5.41, 5.74) is 1.08. The summed E-state index contributed by atoms with van der Waals surface area (Å²) in [5, 5.41) is 0. The smallest absolute Gasteiger partial charge is 0.338 e. The lowest BCUT2D eigenvalue weighted by Gasteiger charge is -2.30. The van der Waals surface area contributed by atoms with Crippen molar-refractivity contribution in [3.8, 4) is 0 Å². The third-order valence-electron chi connectivity index (χ3n) is 3.61. The number of hydrogen-bond donors (Lipinski definition) is 0. The van der Waals surface area contributed by atoms with Gasteiger partial charge in [-0.25, -0.2) is 4.79 Å². The van der Waals surface area contributed by atoms with Gasteiger partial charge >= 0.3 is 5.97 Å². The number of methoxy groups -OCH3 is 2. The zero-order valence-corrected chi connectivity index (χ0v) is 16.0. The number of ether oxygens (including phenoxy) is 6. The SMILES string of the molecule is CCOC(=O)[C@@H](OCOC)[C@H](OCOC)[C@@H](C)COCc1ccccc1. The minimum Gasteiger partial charge on any atom is -0.464 e. The van der Waals surface area contributed by atoms with E-state index < -0.39 is 18.2 Å². The van der Waals surface area contributed by atoms with E-state index in [-0.39, 0.29) is 26.1 Å². The van der Waals surface area contributed by atoms with Gasteiger partial charge in [0.1, 0.15) is 19.7 Å². The minimum absolute atomic E-state index is 0.0277. The Balaban J connectivity index is 2.70. The lowest BCUT2D eigenvalue weighted by Crippen LogP contribution is -2.45. The number of carbonyl (C=O) groups excluding carboxylic acids is 1. The van der Waals surface area contributed by atoms with E-state index in [4.69, 9.17) is 28.4 Å². The van der Waals surface area contributed by atoms with E-state index >= 15 is 0 Å². The van der Waals surface area contributed by atoms with E-state index in [1.165, 1.54) is 14.2 Å². The maximum Gasteiger partial charge on any atom is 0.338 e. The molecule has 0 aliphatic heterocycles. The first-order chi connectivity index (χ1) is 12.6. The summed E-state index contributed by atoms with van der Waals surface area (Å²) in [4.78, 5) is 12.3. The molecule has 3 atom stereocenters. The van der Waals surface area contributed by atoms with Gasteiger partial charge in [-0.05, 0) is 12.5 Å². The molecule has 0 aliphatic carbocycles. The van der Waals surface area contributed by atoms with Gasteiger partial charge in [0.2, 0.25) is 0 Å². The first kappa shape index (κ1) is 22.5. The average Bonchev–Trinajstić information content (AvgIpc) is 2.65. The maximum absolute atomic E-state index is 12.3. The fraction of sp³-hybridized carbons (Fsp3) is 0.632. The molecule has 0 heterocycles. The molecule has 1 aromatic carbocycles. The van der Waals surface area contributed by atoms with Crippen LogP contribution in [0.3, 0.4) is 0 Å². The molecule has 7 nitrogen and oxygen atoms in total. The van der Waals surface area contributed by atoms with Crippen molar-refractivity contribution in [3.63, 3.8) is 0 Å². The van der Waals surface area contributed by atoms with Crippen LogP contribution in [0.15, 0.2) is 30.3 Å². The highest BCUT2D eigenvalue weighted by Crippen LogP contribution is 2.18. The summed E-state index contributed by atoms with van der Waals surface area (Å²) < 4.78 is 32.0. The van der Waals surface area contributed by atoms with Crippen molar-refractivity contribution in [2.24, 2.45) is 5.92 Å². The molecular formula is C19H30O7. The molecule has 1 rings (SSSR count). The first-order valence-electron chi connectivity index (χ1n) is 8.63. The fourth-order valence-corrected chi connectivity index (χ4v) is 2.39. The van der Waals surface area contributed by atoms with Gasteiger partial charge in [-0.15, -0.1) is 0 Å². The summed E-state index contributed by atoms with van der Waals surface area (Å²) in [7, 11) is 3.00. The van der Waals surface area contributed by atoms with Crippen molar-refractivity contribution in [1.82, 2.24) is 0 Å². The van der Waals surface area contributed by atoms with Crippen molar-refractivity contribution < 1.29 is 33.2 Å². The van der Waals surface area contributed by atoms with Crippen molar-refractivity contribution in [1.29, 1.82) is 0 Å². The molecule has 0 aliphatic rings. The number of rotatable bonds is 14. The van der Waals surface area contributed by atoms with Crippen LogP contribution in [0.1, 0.15) is 19.4 Å². The Bertz CT molecular complexity index is 480. The van der Waals surface area contributed by atoms with Crippen LogP contribution in [-0.2, 0) is 39.8 Å². The van der Waals surface area contributed by atoms with Gasteiger partial charge in [-0.2, -0.15) is 0 Å². The quantitative estimate of drug-likeness (QED) is 0.368. The molecule has 0 spiro atoms. The normalized spacial score (nSPS) is 14.6. The fourth-order valence-electron chi connectivity index (χ4n) is 2.39. The second-order valence-electron chi connectivity index (χ2n) is 5.76. The van der Waals surface area contributed by atoms with Crippen LogP contribution in [0.2, 0.25) is 0 Å². The first-order valence-corrected chi connectivity index (χ1v) is 8.63. The predicted octanol–water partition coefficient (Wildman–Crippen LogP) is 2.38. The Morgan fingerprint density at radius 3 is 2.31 bits per heavy atom. The summed E-state index contributed by atoms with van der Waals surface area (Å²) >= 11 is 0. The van der Waals surface area contributed by atoms with Gasteiger partial charge in [0.15, 0.2) is 6.10 Å². The van der Waals surface area contributed by atoms with Gasteiger partial charge < -0.3 is 28.4 Å². The highest BCUT2D eigenvalue weighted by atomic mass is 16.7. The molecule has 0 unspecified atom stereocenters. The molecule has 0 radical (unpaired) electrons. The lowest BCUT2D eigenvalue weighted by atomic mass is 10.00. The summed E-state index contributed by atoms with van der Waals surface area (Å²) in [6, 6.07) is 9.86. The standard InChI is InChI=1S/C19H30O7/c1-5-24-19(20)18(26-14-22-4)17(25-13-21-3)15(2)11-23-12-16-9-7-6-8-10-16/h6-10,15,17-18H,5,11-14H2,1-4H3/t15-,17+,18-/m0/s1. The zero-order valence-electron chi connectivity index (χ0n) is 16.0. The van der Waals surface area contributed by atoms with Gasteiger partial charge in [0.25, 0.3) is 0 Å². The highest BCUT2D eigenvalue weighted by Gasteiger charge is 2.35. The molecule has 0 bridgehead atoms. The molecule has 0 amide bonds. The average molecular weight is 370 g/mol. The van der Waals surface area contributed by atoms with Crippen LogP contribution in [0, 0.1) is 5.92 Å². The number of benzene rings is 1. The molecule has 1 aromatic rings. The van der Waals surface area contributed by atoms with Crippen LogP contribution in [0.5, 0.6) is 0 Å². The van der Waals surface area contributed by atoms with Crippen molar-refractivity contribution >= 4 is 5.97 Å². The van der Waals surface area contributed by atoms with E-state index in [9.17, 15) is 4.79 Å². The minimum atomic E-state index is -0.930. The lowest BCUT2D eigenvalue weighted by molar-refractivity contribution is -0.199. The van der Waals surface area contributed by atoms with Gasteiger partial charge in [0, 0.05) is 20.1 Å². The van der Waals surface area contributed by atoms with Crippen LogP contribution in [-0.4, -0.2) is 59.2 Å². The Morgan fingerprint density at radius 1 is 1.04 bits per heavy atom. The Kier molecular flexibility index (Phi) is 11.8. The van der Waals surface area contributed by atoms with Crippen LogP contribution in [0.25, 0.3) is 0 Å². The van der Waals surface area contributed by atoms with Crippen molar-refractivity contribution in [3.05, 3.63) is 35.9 Å². The maximum atomic E-state index is 12.3. The molecule has 7 heteroatoms. The molecule has 0 aromatic heterocycles. The molecule has 148 valence electrons. The third kappa shape index (κ3) is 8.25. The predicted molar refractivity (Wildman–Crippen MR) is 95.4 cm³/mol. The van der Waals surface area contributed by atoms with E-state index in [0.717, 1.165) is 5.56 Å². The molecule has 0 saturated heterocycles. The Hall–Kier alpha value is -1.51. The topological polar surface area (TPSA) is 72.5 Å². The molecule has 0 N–H and O–H groups in total. The molecule has 0 fully saturated rings. The van der Waals surface area contributed by atoms with Gasteiger partial charge in [-0.3, -0.25) is 0 Å². The zero-order chi connectivity index (χ0) is 19.2. The van der Waals surface area contributed by atoms with E-state index in [0.29, 0.717) is 13.2 Å². The van der Waals surface area contributed by atoms with Gasteiger partial charge in [0.05, 0.1) is 19.8 Å². The molecule has 26 heavy (non-hydrogen) atoms. The Labute approximate surface area is 155 Å². The molecular weight excluding hydrogens is 340 g/mol.